The van der Waals surface area contributed by atoms with Crippen molar-refractivity contribution in [1.82, 2.24) is 20.9 Å². The molecule has 0 aromatic carbocycles. The molecule has 7 heteroatoms. The predicted molar refractivity (Wildman–Crippen MR) is 121 cm³/mol. The molecule has 3 aliphatic rings. The first-order valence-electron chi connectivity index (χ1n) is 12.1. The number of nitrogens with one attached hydrogen (secondary N) is 3. The van der Waals surface area contributed by atoms with Gasteiger partial charge in [0.05, 0.1) is 6.04 Å². The second kappa shape index (κ2) is 10.4. The van der Waals surface area contributed by atoms with E-state index in [4.69, 9.17) is 5.73 Å². The highest BCUT2D eigenvalue weighted by Gasteiger charge is 2.38. The number of hydrogen-bond acceptors (Lipinski definition) is 5. The van der Waals surface area contributed by atoms with Crippen molar-refractivity contribution < 1.29 is 9.59 Å². The molecule has 1 aliphatic heterocycles. The van der Waals surface area contributed by atoms with E-state index in [1.807, 2.05) is 6.07 Å². The van der Waals surface area contributed by atoms with E-state index in [2.05, 4.69) is 20.9 Å². The van der Waals surface area contributed by atoms with Crippen LogP contribution < -0.4 is 21.7 Å². The first-order valence-corrected chi connectivity index (χ1v) is 12.1. The fourth-order valence-corrected chi connectivity index (χ4v) is 5.93. The number of nitrogens with two attached hydrogens (primary N) is 1. The molecule has 2 amide bonds. The van der Waals surface area contributed by atoms with Crippen LogP contribution in [0.3, 0.4) is 0 Å². The zero-order valence-electron chi connectivity index (χ0n) is 18.4. The maximum atomic E-state index is 13.2. The Morgan fingerprint density at radius 1 is 1.10 bits per heavy atom. The largest absolute Gasteiger partial charge is 0.384 e. The Kier molecular flexibility index (Phi) is 7.43. The van der Waals surface area contributed by atoms with E-state index >= 15 is 0 Å². The van der Waals surface area contributed by atoms with E-state index in [0.29, 0.717) is 24.2 Å². The molecule has 4 rings (SSSR count). The molecule has 1 aromatic rings. The molecule has 0 spiro atoms. The Labute approximate surface area is 185 Å². The molecule has 2 saturated carbocycles. The first kappa shape index (κ1) is 22.1. The van der Waals surface area contributed by atoms with Gasteiger partial charge in [-0.1, -0.05) is 44.6 Å². The molecule has 1 saturated heterocycles. The maximum Gasteiger partial charge on any atom is 0.242 e. The van der Waals surface area contributed by atoms with Gasteiger partial charge in [0.25, 0.3) is 0 Å². The van der Waals surface area contributed by atoms with Crippen LogP contribution in [-0.4, -0.2) is 35.4 Å². The third-order valence-electron chi connectivity index (χ3n) is 7.59. The topological polar surface area (TPSA) is 109 Å². The molecular weight excluding hydrogens is 390 g/mol. The molecule has 3 unspecified atom stereocenters. The molecule has 31 heavy (non-hydrogen) atoms. The standard InChI is InChI=1S/C24H37N5O2/c25-22-11-10-16(14-27-22)15-28-23(30)21(29-24(31)20-9-4-12-26-20)13-18-7-3-6-17-5-1-2-8-19(17)18/h10-11,14,17-21,26H,1-9,12-13,15H2,(H2,25,27)(H,28,30)(H,29,31)/t17?,18?,19-,20?,21+/m0/s1. The molecule has 1 aromatic heterocycles. The van der Waals surface area contributed by atoms with Crippen molar-refractivity contribution in [1.29, 1.82) is 0 Å². The van der Waals surface area contributed by atoms with Gasteiger partial charge in [0, 0.05) is 12.7 Å². The van der Waals surface area contributed by atoms with Crippen LogP contribution in [0.25, 0.3) is 0 Å². The first-order chi connectivity index (χ1) is 15.1. The number of rotatable bonds is 7. The Morgan fingerprint density at radius 3 is 2.71 bits per heavy atom. The fourth-order valence-electron chi connectivity index (χ4n) is 5.93. The monoisotopic (exact) mass is 427 g/mol. The molecule has 5 N–H and O–H groups in total. The highest BCUT2D eigenvalue weighted by molar-refractivity contribution is 5.89. The van der Waals surface area contributed by atoms with Crippen molar-refractivity contribution in [3.8, 4) is 0 Å². The summed E-state index contributed by atoms with van der Waals surface area (Å²) in [4.78, 5) is 30.1. The highest BCUT2D eigenvalue weighted by Crippen LogP contribution is 2.45. The van der Waals surface area contributed by atoms with Gasteiger partial charge in [-0.05, 0) is 61.6 Å². The number of pyridine rings is 1. The highest BCUT2D eigenvalue weighted by atomic mass is 16.2. The van der Waals surface area contributed by atoms with Gasteiger partial charge >= 0.3 is 0 Å². The number of nitrogens with zero attached hydrogens (tertiary/aromatic N) is 1. The molecule has 0 bridgehead atoms. The van der Waals surface area contributed by atoms with Gasteiger partial charge in [-0.15, -0.1) is 0 Å². The number of anilines is 1. The fraction of sp³-hybridized carbons (Fsp3) is 0.708. The van der Waals surface area contributed by atoms with Crippen LogP contribution in [0.5, 0.6) is 0 Å². The lowest BCUT2D eigenvalue weighted by molar-refractivity contribution is -0.130. The van der Waals surface area contributed by atoms with Crippen molar-refractivity contribution >= 4 is 17.6 Å². The second-order valence-corrected chi connectivity index (χ2v) is 9.65. The van der Waals surface area contributed by atoms with E-state index in [1.165, 1.54) is 44.9 Å². The zero-order valence-corrected chi connectivity index (χ0v) is 18.4. The van der Waals surface area contributed by atoms with Crippen molar-refractivity contribution in [2.75, 3.05) is 12.3 Å². The lowest BCUT2D eigenvalue weighted by atomic mass is 9.64. The number of nitrogen functional groups attached to an aromatic ring is 1. The summed E-state index contributed by atoms with van der Waals surface area (Å²) in [6, 6.07) is 2.94. The van der Waals surface area contributed by atoms with E-state index < -0.39 is 6.04 Å². The van der Waals surface area contributed by atoms with Crippen LogP contribution in [0.15, 0.2) is 18.3 Å². The number of amides is 2. The molecule has 2 heterocycles. The van der Waals surface area contributed by atoms with Gasteiger partial charge in [0.15, 0.2) is 0 Å². The molecule has 2 aliphatic carbocycles. The van der Waals surface area contributed by atoms with Gasteiger partial charge in [-0.25, -0.2) is 4.98 Å². The summed E-state index contributed by atoms with van der Waals surface area (Å²) in [5.41, 5.74) is 6.55. The summed E-state index contributed by atoms with van der Waals surface area (Å²) in [6.45, 7) is 1.25. The van der Waals surface area contributed by atoms with Crippen molar-refractivity contribution in [3.63, 3.8) is 0 Å². The number of aromatic nitrogens is 1. The lowest BCUT2D eigenvalue weighted by Crippen LogP contribution is -2.52. The smallest absolute Gasteiger partial charge is 0.242 e. The van der Waals surface area contributed by atoms with Crippen molar-refractivity contribution in [3.05, 3.63) is 23.9 Å². The third kappa shape index (κ3) is 5.76. The van der Waals surface area contributed by atoms with Gasteiger partial charge in [0.1, 0.15) is 11.9 Å². The molecular formula is C24H37N5O2. The normalized spacial score (nSPS) is 29.0. The molecule has 5 atom stereocenters. The van der Waals surface area contributed by atoms with Gasteiger partial charge in [-0.3, -0.25) is 9.59 Å². The molecule has 170 valence electrons. The van der Waals surface area contributed by atoms with Crippen LogP contribution in [0.4, 0.5) is 5.82 Å². The maximum absolute atomic E-state index is 13.2. The third-order valence-corrected chi connectivity index (χ3v) is 7.59. The van der Waals surface area contributed by atoms with Gasteiger partial charge < -0.3 is 21.7 Å². The summed E-state index contributed by atoms with van der Waals surface area (Å²) >= 11 is 0. The van der Waals surface area contributed by atoms with Crippen molar-refractivity contribution in [2.24, 2.45) is 17.8 Å². The molecule has 3 fully saturated rings. The summed E-state index contributed by atoms with van der Waals surface area (Å²) in [6.07, 6.45) is 13.3. The minimum atomic E-state index is -0.484. The molecule has 7 nitrogen and oxygen atoms in total. The second-order valence-electron chi connectivity index (χ2n) is 9.65. The Hall–Kier alpha value is -2.15. The Bertz CT molecular complexity index is 745. The van der Waals surface area contributed by atoms with Crippen molar-refractivity contribution in [2.45, 2.75) is 82.8 Å². The van der Waals surface area contributed by atoms with Gasteiger partial charge in [0.2, 0.25) is 11.8 Å². The summed E-state index contributed by atoms with van der Waals surface area (Å²) in [7, 11) is 0. The van der Waals surface area contributed by atoms with Crippen LogP contribution in [0.1, 0.15) is 69.8 Å². The van der Waals surface area contributed by atoms with E-state index in [-0.39, 0.29) is 17.9 Å². The number of carbonyl (C=O) groups excluding carboxylic acids is 2. The summed E-state index contributed by atoms with van der Waals surface area (Å²) < 4.78 is 0. The minimum Gasteiger partial charge on any atom is -0.384 e. The summed E-state index contributed by atoms with van der Waals surface area (Å²) in [5.74, 6) is 2.36. The summed E-state index contributed by atoms with van der Waals surface area (Å²) in [5, 5.41) is 9.37. The quantitative estimate of drug-likeness (QED) is 0.535. The number of fused-ring (bicyclic) bond motifs is 1. The minimum absolute atomic E-state index is 0.0391. The van der Waals surface area contributed by atoms with E-state index in [1.54, 1.807) is 12.3 Å². The zero-order chi connectivity index (χ0) is 21.6. The van der Waals surface area contributed by atoms with Crippen LogP contribution >= 0.6 is 0 Å². The van der Waals surface area contributed by atoms with Gasteiger partial charge in [-0.2, -0.15) is 0 Å². The van der Waals surface area contributed by atoms with Crippen LogP contribution in [0, 0.1) is 17.8 Å². The average Bonchev–Trinajstić information content (AvgIpc) is 3.33. The molecule has 0 radical (unpaired) electrons. The predicted octanol–water partition coefficient (Wildman–Crippen LogP) is 2.51. The van der Waals surface area contributed by atoms with Crippen LogP contribution in [-0.2, 0) is 16.1 Å². The SMILES string of the molecule is Nc1ccc(CNC(=O)[C@@H](CC2CCCC3CCCC[C@@H]32)NC(=O)C2CCCN2)cn1. The van der Waals surface area contributed by atoms with E-state index in [9.17, 15) is 9.59 Å². The average molecular weight is 428 g/mol. The number of carbonyl (C=O) groups is 2. The van der Waals surface area contributed by atoms with Crippen LogP contribution in [0.2, 0.25) is 0 Å². The Morgan fingerprint density at radius 2 is 1.94 bits per heavy atom. The lowest BCUT2D eigenvalue weighted by Gasteiger charge is -2.42. The van der Waals surface area contributed by atoms with E-state index in [0.717, 1.165) is 37.3 Å². The number of hydrogen-bond donors (Lipinski definition) is 4. The Balaban J connectivity index is 1.41.